The third kappa shape index (κ3) is 4.63. The molecule has 0 atom stereocenters. The number of morpholine rings is 1. The smallest absolute Gasteiger partial charge is 0.240 e. The number of hydrogen-bond acceptors (Lipinski definition) is 8. The van der Waals surface area contributed by atoms with Crippen LogP contribution in [-0.2, 0) is 14.8 Å². The Hall–Kier alpha value is -3.60. The number of primary sulfonamides is 1. The van der Waals surface area contributed by atoms with Crippen molar-refractivity contribution >= 4 is 38.4 Å². The van der Waals surface area contributed by atoms with Gasteiger partial charge in [-0.25, -0.2) is 28.5 Å². The number of sulfonamides is 1. The van der Waals surface area contributed by atoms with Gasteiger partial charge in [0.2, 0.25) is 16.0 Å². The van der Waals surface area contributed by atoms with Crippen LogP contribution in [0.15, 0.2) is 71.9 Å². The molecule has 0 spiro atoms. The van der Waals surface area contributed by atoms with E-state index in [1.165, 1.54) is 6.07 Å². The molecule has 9 nitrogen and oxygen atoms in total. The summed E-state index contributed by atoms with van der Waals surface area (Å²) in [5.74, 6) is 1.21. The van der Waals surface area contributed by atoms with E-state index in [1.54, 1.807) is 24.4 Å². The van der Waals surface area contributed by atoms with Gasteiger partial charge in [0.15, 0.2) is 0 Å². The zero-order valence-electron chi connectivity index (χ0n) is 17.7. The van der Waals surface area contributed by atoms with Gasteiger partial charge in [0.05, 0.1) is 24.4 Å². The van der Waals surface area contributed by atoms with Crippen LogP contribution in [0.3, 0.4) is 0 Å². The summed E-state index contributed by atoms with van der Waals surface area (Å²) in [5.41, 5.74) is 2.98. The van der Waals surface area contributed by atoms with Gasteiger partial charge >= 0.3 is 0 Å². The van der Waals surface area contributed by atoms with Crippen molar-refractivity contribution in [3.8, 4) is 11.1 Å². The van der Waals surface area contributed by atoms with Crippen molar-refractivity contribution < 1.29 is 13.2 Å². The molecule has 2 aromatic heterocycles. The van der Waals surface area contributed by atoms with Gasteiger partial charge < -0.3 is 15.0 Å². The Kier molecular flexibility index (Phi) is 5.63. The number of rotatable bonds is 5. The molecule has 3 N–H and O–H groups in total. The molecule has 10 heteroatoms. The van der Waals surface area contributed by atoms with Crippen molar-refractivity contribution in [3.63, 3.8) is 0 Å². The number of fused-ring (bicyclic) bond motifs is 1. The zero-order valence-corrected chi connectivity index (χ0v) is 18.5. The summed E-state index contributed by atoms with van der Waals surface area (Å²) in [7, 11) is -3.89. The monoisotopic (exact) mass is 462 g/mol. The lowest BCUT2D eigenvalue weighted by Gasteiger charge is -2.27. The van der Waals surface area contributed by atoms with E-state index in [1.807, 2.05) is 36.5 Å². The normalized spacial score (nSPS) is 14.4. The molecule has 168 valence electrons. The molecule has 4 aromatic rings. The van der Waals surface area contributed by atoms with E-state index in [2.05, 4.69) is 25.2 Å². The van der Waals surface area contributed by atoms with Gasteiger partial charge in [-0.3, -0.25) is 0 Å². The predicted octanol–water partition coefficient (Wildman–Crippen LogP) is 2.92. The molecule has 0 saturated carbocycles. The van der Waals surface area contributed by atoms with Gasteiger partial charge in [-0.1, -0.05) is 24.3 Å². The van der Waals surface area contributed by atoms with Crippen molar-refractivity contribution in [2.75, 3.05) is 36.5 Å². The van der Waals surface area contributed by atoms with Crippen molar-refractivity contribution in [2.24, 2.45) is 5.14 Å². The number of benzene rings is 2. The lowest BCUT2D eigenvalue weighted by Crippen LogP contribution is -2.36. The summed E-state index contributed by atoms with van der Waals surface area (Å²) in [4.78, 5) is 15.7. The quantitative estimate of drug-likeness (QED) is 0.464. The molecule has 0 amide bonds. The SMILES string of the molecule is NS(=O)(=O)c1ccccc1Nc1ncc2ccc(-c3ccc(N4CCOCC4)nc3)cc2n1. The Bertz CT molecular complexity index is 1400. The van der Waals surface area contributed by atoms with Crippen molar-refractivity contribution in [1.29, 1.82) is 0 Å². The maximum absolute atomic E-state index is 11.9. The molecular weight excluding hydrogens is 440 g/mol. The first kappa shape index (κ1) is 21.3. The first-order valence-electron chi connectivity index (χ1n) is 10.4. The second kappa shape index (κ2) is 8.74. The van der Waals surface area contributed by atoms with Crippen molar-refractivity contribution in [3.05, 3.63) is 67.0 Å². The maximum Gasteiger partial charge on any atom is 0.240 e. The molecule has 0 bridgehead atoms. The van der Waals surface area contributed by atoms with E-state index in [4.69, 9.17) is 9.88 Å². The van der Waals surface area contributed by atoms with Crippen molar-refractivity contribution in [2.45, 2.75) is 4.90 Å². The molecule has 0 radical (unpaired) electrons. The van der Waals surface area contributed by atoms with Gasteiger partial charge in [-0.15, -0.1) is 0 Å². The van der Waals surface area contributed by atoms with Gasteiger partial charge in [-0.05, 0) is 35.9 Å². The van der Waals surface area contributed by atoms with Gasteiger partial charge in [0, 0.05) is 36.4 Å². The third-order valence-electron chi connectivity index (χ3n) is 5.44. The molecule has 2 aromatic carbocycles. The molecule has 1 aliphatic heterocycles. The zero-order chi connectivity index (χ0) is 22.8. The Morgan fingerprint density at radius 3 is 2.48 bits per heavy atom. The number of aromatic nitrogens is 3. The minimum absolute atomic E-state index is 0.0196. The predicted molar refractivity (Wildman–Crippen MR) is 127 cm³/mol. The van der Waals surface area contributed by atoms with Gasteiger partial charge in [0.1, 0.15) is 10.7 Å². The van der Waals surface area contributed by atoms with E-state index < -0.39 is 10.0 Å². The molecule has 1 saturated heterocycles. The van der Waals surface area contributed by atoms with Crippen LogP contribution in [0.1, 0.15) is 0 Å². The first-order valence-corrected chi connectivity index (χ1v) is 12.0. The first-order chi connectivity index (χ1) is 16.0. The van der Waals surface area contributed by atoms with E-state index in [0.29, 0.717) is 18.9 Å². The number of pyridine rings is 1. The largest absolute Gasteiger partial charge is 0.378 e. The lowest BCUT2D eigenvalue weighted by atomic mass is 10.1. The molecule has 1 aliphatic rings. The van der Waals surface area contributed by atoms with Gasteiger partial charge in [0.25, 0.3) is 0 Å². The van der Waals surface area contributed by atoms with Crippen LogP contribution >= 0.6 is 0 Å². The summed E-state index contributed by atoms with van der Waals surface area (Å²) in [6.07, 6.45) is 3.54. The second-order valence-corrected chi connectivity index (χ2v) is 9.17. The van der Waals surface area contributed by atoms with Crippen LogP contribution in [0.25, 0.3) is 22.0 Å². The summed E-state index contributed by atoms with van der Waals surface area (Å²) in [5, 5.41) is 9.15. The number of nitrogens with two attached hydrogens (primary N) is 1. The molecule has 3 heterocycles. The second-order valence-electron chi connectivity index (χ2n) is 7.64. The highest BCUT2D eigenvalue weighted by molar-refractivity contribution is 7.89. The molecule has 5 rings (SSSR count). The number of anilines is 3. The Balaban J connectivity index is 1.43. The van der Waals surface area contributed by atoms with Crippen molar-refractivity contribution in [1.82, 2.24) is 15.0 Å². The Morgan fingerprint density at radius 2 is 1.73 bits per heavy atom. The fraction of sp³-hybridized carbons (Fsp3) is 0.174. The van der Waals surface area contributed by atoms with Crippen LogP contribution < -0.4 is 15.4 Å². The minimum atomic E-state index is -3.89. The number of nitrogens with one attached hydrogen (secondary N) is 1. The molecule has 0 unspecified atom stereocenters. The standard InChI is InChI=1S/C23H22N6O3S/c24-33(30,31)21-4-2-1-3-19(21)27-23-26-15-18-6-5-16(13-20(18)28-23)17-7-8-22(25-14-17)29-9-11-32-12-10-29/h1-8,13-15H,9-12H2,(H2,24,30,31)(H,26,27,28). The third-order valence-corrected chi connectivity index (χ3v) is 6.41. The Morgan fingerprint density at radius 1 is 0.939 bits per heavy atom. The maximum atomic E-state index is 11.9. The number of para-hydroxylation sites is 1. The summed E-state index contributed by atoms with van der Waals surface area (Å²) in [6, 6.07) is 16.3. The summed E-state index contributed by atoms with van der Waals surface area (Å²) < 4.78 is 29.1. The van der Waals surface area contributed by atoms with Gasteiger partial charge in [-0.2, -0.15) is 0 Å². The molecule has 33 heavy (non-hydrogen) atoms. The van der Waals surface area contributed by atoms with E-state index >= 15 is 0 Å². The average molecular weight is 463 g/mol. The topological polar surface area (TPSA) is 123 Å². The van der Waals surface area contributed by atoms with Crippen LogP contribution in [0.2, 0.25) is 0 Å². The highest BCUT2D eigenvalue weighted by atomic mass is 32.2. The average Bonchev–Trinajstić information content (AvgIpc) is 2.84. The Labute approximate surface area is 191 Å². The fourth-order valence-corrected chi connectivity index (χ4v) is 4.43. The van der Waals surface area contributed by atoms with E-state index in [0.717, 1.165) is 40.9 Å². The number of hydrogen-bond donors (Lipinski definition) is 2. The number of nitrogens with zero attached hydrogens (tertiary/aromatic N) is 4. The molecular formula is C23H22N6O3S. The van der Waals surface area contributed by atoms with Crippen LogP contribution in [-0.4, -0.2) is 49.7 Å². The minimum Gasteiger partial charge on any atom is -0.378 e. The molecule has 0 aliphatic carbocycles. The summed E-state index contributed by atoms with van der Waals surface area (Å²) >= 11 is 0. The fourth-order valence-electron chi connectivity index (χ4n) is 3.74. The van der Waals surface area contributed by atoms with Crippen LogP contribution in [0, 0.1) is 0 Å². The highest BCUT2D eigenvalue weighted by Crippen LogP contribution is 2.27. The van der Waals surface area contributed by atoms with E-state index in [-0.39, 0.29) is 10.8 Å². The highest BCUT2D eigenvalue weighted by Gasteiger charge is 2.15. The van der Waals surface area contributed by atoms with Crippen LogP contribution in [0.4, 0.5) is 17.5 Å². The van der Waals surface area contributed by atoms with E-state index in [9.17, 15) is 8.42 Å². The summed E-state index contributed by atoms with van der Waals surface area (Å²) in [6.45, 7) is 3.10. The lowest BCUT2D eigenvalue weighted by molar-refractivity contribution is 0.122. The van der Waals surface area contributed by atoms with Crippen LogP contribution in [0.5, 0.6) is 0 Å². The molecule has 1 fully saturated rings. The number of ether oxygens (including phenoxy) is 1.